The van der Waals surface area contributed by atoms with E-state index in [0.29, 0.717) is 0 Å². The van der Waals surface area contributed by atoms with E-state index in [2.05, 4.69) is 4.74 Å². The molecule has 0 aromatic rings. The Hall–Kier alpha value is -1.80. The van der Waals surface area contributed by atoms with Crippen molar-refractivity contribution in [2.24, 2.45) is 5.92 Å². The second-order valence-corrected chi connectivity index (χ2v) is 5.56. The number of hydrogen-bond acceptors (Lipinski definition) is 5. The number of alkyl halides is 3. The first-order valence-corrected chi connectivity index (χ1v) is 6.08. The number of carbonyl (C=O) groups excluding carboxylic acids is 3. The summed E-state index contributed by atoms with van der Waals surface area (Å²) in [5.41, 5.74) is -1.02. The topological polar surface area (TPSA) is 72.9 Å². The summed E-state index contributed by atoms with van der Waals surface area (Å²) in [6.07, 6.45) is -7.11. The Bertz CT molecular complexity index is 455. The van der Waals surface area contributed by atoms with Gasteiger partial charge in [-0.15, -0.1) is 0 Å². The average Bonchev–Trinajstić information content (AvgIpc) is 2.63. The molecule has 2 amide bonds. The van der Waals surface area contributed by atoms with E-state index >= 15 is 0 Å². The van der Waals surface area contributed by atoms with Gasteiger partial charge in [-0.05, 0) is 20.8 Å². The van der Waals surface area contributed by atoms with Crippen molar-refractivity contribution in [3.05, 3.63) is 0 Å². The molecule has 21 heavy (non-hydrogen) atoms. The van der Waals surface area contributed by atoms with Gasteiger partial charge in [0.2, 0.25) is 5.91 Å². The molecule has 0 bridgehead atoms. The monoisotopic (exact) mass is 311 g/mol. The highest BCUT2D eigenvalue weighted by atomic mass is 19.4. The first kappa shape index (κ1) is 17.3. The summed E-state index contributed by atoms with van der Waals surface area (Å²) >= 11 is 0. The molecule has 1 heterocycles. The lowest BCUT2D eigenvalue weighted by Gasteiger charge is -2.28. The smallest absolute Gasteiger partial charge is 0.417 e. The number of esters is 1. The van der Waals surface area contributed by atoms with Crippen LogP contribution in [-0.4, -0.2) is 47.8 Å². The fraction of sp³-hybridized carbons (Fsp3) is 0.750. The molecule has 0 aromatic carbocycles. The molecule has 0 N–H and O–H groups in total. The van der Waals surface area contributed by atoms with Gasteiger partial charge < -0.3 is 9.47 Å². The largest absolute Gasteiger partial charge is 0.467 e. The molecule has 2 atom stereocenters. The average molecular weight is 311 g/mol. The van der Waals surface area contributed by atoms with E-state index in [-0.39, 0.29) is 4.90 Å². The third-order valence-electron chi connectivity index (χ3n) is 2.78. The Morgan fingerprint density at radius 2 is 1.76 bits per heavy atom. The number of methoxy groups -OCH3 is 1. The summed E-state index contributed by atoms with van der Waals surface area (Å²) in [5.74, 6) is -4.74. The van der Waals surface area contributed by atoms with Crippen LogP contribution in [0.4, 0.5) is 18.0 Å². The van der Waals surface area contributed by atoms with Crippen LogP contribution in [0.5, 0.6) is 0 Å². The van der Waals surface area contributed by atoms with Crippen LogP contribution >= 0.6 is 0 Å². The van der Waals surface area contributed by atoms with E-state index in [1.807, 2.05) is 0 Å². The van der Waals surface area contributed by atoms with Crippen molar-refractivity contribution in [3.63, 3.8) is 0 Å². The van der Waals surface area contributed by atoms with Gasteiger partial charge in [0.1, 0.15) is 5.60 Å². The number of nitrogens with zero attached hydrogens (tertiary/aromatic N) is 1. The first-order chi connectivity index (χ1) is 9.38. The van der Waals surface area contributed by atoms with Gasteiger partial charge in [0.05, 0.1) is 13.0 Å². The Morgan fingerprint density at radius 1 is 1.24 bits per heavy atom. The van der Waals surface area contributed by atoms with Crippen LogP contribution in [0.1, 0.15) is 27.2 Å². The quantitative estimate of drug-likeness (QED) is 0.691. The molecular formula is C12H16F3NO5. The van der Waals surface area contributed by atoms with Gasteiger partial charge >= 0.3 is 18.2 Å². The van der Waals surface area contributed by atoms with Gasteiger partial charge in [-0.3, -0.25) is 4.79 Å². The summed E-state index contributed by atoms with van der Waals surface area (Å²) in [6.45, 7) is 4.46. The lowest BCUT2D eigenvalue weighted by atomic mass is 10.00. The summed E-state index contributed by atoms with van der Waals surface area (Å²) in [4.78, 5) is 35.4. The predicted octanol–water partition coefficient (Wildman–Crippen LogP) is 1.87. The molecule has 0 spiro atoms. The van der Waals surface area contributed by atoms with Crippen LogP contribution in [0, 0.1) is 5.92 Å². The molecule has 6 nitrogen and oxygen atoms in total. The molecule has 1 aliphatic heterocycles. The standard InChI is InChI=1S/C12H16F3NO5/c1-11(2,3)21-10(19)16-7(17)5-6(12(13,14)15)8(16)9(18)20-4/h6,8H,5H2,1-4H3/t6-,8+/m1/s1. The molecule has 120 valence electrons. The van der Waals surface area contributed by atoms with Gasteiger partial charge in [-0.25, -0.2) is 14.5 Å². The molecular weight excluding hydrogens is 295 g/mol. The van der Waals surface area contributed by atoms with Crippen molar-refractivity contribution in [2.45, 2.75) is 45.0 Å². The van der Waals surface area contributed by atoms with Crippen LogP contribution in [0.2, 0.25) is 0 Å². The van der Waals surface area contributed by atoms with Crippen LogP contribution in [0.3, 0.4) is 0 Å². The second-order valence-electron chi connectivity index (χ2n) is 5.56. The van der Waals surface area contributed by atoms with Gasteiger partial charge in [0, 0.05) is 6.42 Å². The molecule has 1 aliphatic rings. The Balaban J connectivity index is 3.13. The van der Waals surface area contributed by atoms with Crippen molar-refractivity contribution in [1.82, 2.24) is 4.90 Å². The highest BCUT2D eigenvalue weighted by Gasteiger charge is 2.59. The van der Waals surface area contributed by atoms with E-state index < -0.39 is 48.1 Å². The minimum atomic E-state index is -4.81. The number of ether oxygens (including phenoxy) is 2. The number of amides is 2. The van der Waals surface area contributed by atoms with E-state index in [1.165, 1.54) is 20.8 Å². The molecule has 1 rings (SSSR count). The number of halogens is 3. The molecule has 0 radical (unpaired) electrons. The lowest BCUT2D eigenvalue weighted by molar-refractivity contribution is -0.188. The highest BCUT2D eigenvalue weighted by Crippen LogP contribution is 2.39. The molecule has 0 aliphatic carbocycles. The van der Waals surface area contributed by atoms with E-state index in [0.717, 1.165) is 7.11 Å². The van der Waals surface area contributed by atoms with Gasteiger partial charge in [-0.1, -0.05) is 0 Å². The molecule has 9 heteroatoms. The Kier molecular flexibility index (Phi) is 4.54. The fourth-order valence-corrected chi connectivity index (χ4v) is 1.94. The van der Waals surface area contributed by atoms with Crippen molar-refractivity contribution < 1.29 is 37.0 Å². The second kappa shape index (κ2) is 5.53. The van der Waals surface area contributed by atoms with Crippen LogP contribution in [0.15, 0.2) is 0 Å². The van der Waals surface area contributed by atoms with E-state index in [9.17, 15) is 27.6 Å². The maximum absolute atomic E-state index is 12.9. The van der Waals surface area contributed by atoms with Crippen LogP contribution in [0.25, 0.3) is 0 Å². The molecule has 0 unspecified atom stereocenters. The third-order valence-corrected chi connectivity index (χ3v) is 2.78. The number of likely N-dealkylation sites (tertiary alicyclic amines) is 1. The van der Waals surface area contributed by atoms with Gasteiger partial charge in [-0.2, -0.15) is 13.2 Å². The Labute approximate surface area is 119 Å². The maximum Gasteiger partial charge on any atom is 0.417 e. The SMILES string of the molecule is COC(=O)[C@@H]1[C@H](C(F)(F)F)CC(=O)N1C(=O)OC(C)(C)C. The maximum atomic E-state index is 12.9. The first-order valence-electron chi connectivity index (χ1n) is 6.08. The van der Waals surface area contributed by atoms with Crippen molar-refractivity contribution in [2.75, 3.05) is 7.11 Å². The summed E-state index contributed by atoms with van der Waals surface area (Å²) in [7, 11) is 0.881. The number of carbonyl (C=O) groups is 3. The van der Waals surface area contributed by atoms with E-state index in [1.54, 1.807) is 0 Å². The normalized spacial score (nSPS) is 23.2. The summed E-state index contributed by atoms with van der Waals surface area (Å²) < 4.78 is 47.9. The Morgan fingerprint density at radius 3 is 2.14 bits per heavy atom. The molecule has 0 aromatic heterocycles. The number of imide groups is 1. The predicted molar refractivity (Wildman–Crippen MR) is 63.0 cm³/mol. The fourth-order valence-electron chi connectivity index (χ4n) is 1.94. The van der Waals surface area contributed by atoms with Crippen molar-refractivity contribution in [3.8, 4) is 0 Å². The van der Waals surface area contributed by atoms with E-state index in [4.69, 9.17) is 4.74 Å². The van der Waals surface area contributed by atoms with Crippen LogP contribution < -0.4 is 0 Å². The minimum absolute atomic E-state index is 0.190. The summed E-state index contributed by atoms with van der Waals surface area (Å²) in [6, 6.07) is -2.06. The molecule has 1 fully saturated rings. The van der Waals surface area contributed by atoms with Crippen molar-refractivity contribution >= 4 is 18.0 Å². The zero-order chi connectivity index (χ0) is 16.6. The highest BCUT2D eigenvalue weighted by molar-refractivity contribution is 6.00. The number of hydrogen-bond donors (Lipinski definition) is 0. The van der Waals surface area contributed by atoms with Gasteiger partial charge in [0.15, 0.2) is 6.04 Å². The summed E-state index contributed by atoms with van der Waals surface area (Å²) in [5, 5.41) is 0. The minimum Gasteiger partial charge on any atom is -0.467 e. The third kappa shape index (κ3) is 3.85. The zero-order valence-corrected chi connectivity index (χ0v) is 12.0. The van der Waals surface area contributed by atoms with Gasteiger partial charge in [0.25, 0.3) is 0 Å². The zero-order valence-electron chi connectivity index (χ0n) is 12.0. The van der Waals surface area contributed by atoms with Crippen LogP contribution in [-0.2, 0) is 19.1 Å². The molecule has 1 saturated heterocycles. The number of rotatable bonds is 1. The lowest BCUT2D eigenvalue weighted by Crippen LogP contribution is -2.49. The van der Waals surface area contributed by atoms with Crippen molar-refractivity contribution in [1.29, 1.82) is 0 Å². The molecule has 0 saturated carbocycles.